The number of esters is 3. The molecule has 0 fully saturated rings. The molecule has 0 saturated carbocycles. The third kappa shape index (κ3) is 16.7. The van der Waals surface area contributed by atoms with Crippen molar-refractivity contribution < 1.29 is 38.1 Å². The van der Waals surface area contributed by atoms with Crippen molar-refractivity contribution in [2.24, 2.45) is 29.4 Å². The van der Waals surface area contributed by atoms with Crippen molar-refractivity contribution in [2.45, 2.75) is 138 Å². The largest absolute Gasteiger partial charge is 0.462 e. The number of hydrogen-bond acceptors (Lipinski definition) is 8. The highest BCUT2D eigenvalue weighted by atomic mass is 16.6. The van der Waals surface area contributed by atoms with Gasteiger partial charge in [0.1, 0.15) is 24.4 Å². The van der Waals surface area contributed by atoms with Crippen molar-refractivity contribution in [2.75, 3.05) is 0 Å². The second-order valence-electron chi connectivity index (χ2n) is 12.6. The first-order valence-electron chi connectivity index (χ1n) is 16.2. The number of cyclic esters (lactones) is 1. The topological polar surface area (TPSA) is 131 Å². The maximum absolute atomic E-state index is 13.5. The number of amides is 1. The lowest BCUT2D eigenvalue weighted by atomic mass is 9.89. The third-order valence-corrected chi connectivity index (χ3v) is 7.93. The Morgan fingerprint density at radius 3 is 2.18 bits per heavy atom. The first-order valence-corrected chi connectivity index (χ1v) is 16.2. The number of rotatable bonds is 8. The van der Waals surface area contributed by atoms with Crippen LogP contribution in [0.15, 0.2) is 36.0 Å². The number of carbonyl (C=O) groups is 4. The number of ether oxygens (including phenoxy) is 4. The molecule has 0 aromatic heterocycles. The van der Waals surface area contributed by atoms with E-state index in [0.29, 0.717) is 44.4 Å². The number of hydrogen-bond donors (Lipinski definition) is 1. The summed E-state index contributed by atoms with van der Waals surface area (Å²) < 4.78 is 22.7. The Morgan fingerprint density at radius 2 is 1.57 bits per heavy atom. The first-order chi connectivity index (χ1) is 20.7. The van der Waals surface area contributed by atoms with Crippen LogP contribution in [0.2, 0.25) is 0 Å². The average molecular weight is 620 g/mol. The number of carbonyl (C=O) groups excluding carboxylic acids is 4. The SMILES string of the molecule is CCCC(C)/C=C/C(C)=C/C1CC(C)C/C=C/CCC(OC(C)=O)C(OC(N)=O)CCC(C)CC(OC(C)=O)C(C)C(=O)O1. The molecule has 9 nitrogen and oxygen atoms in total. The summed E-state index contributed by atoms with van der Waals surface area (Å²) in [5, 5.41) is 0. The average Bonchev–Trinajstić information content (AvgIpc) is 2.91. The Morgan fingerprint density at radius 1 is 0.932 bits per heavy atom. The van der Waals surface area contributed by atoms with E-state index < -0.39 is 54.3 Å². The number of primary amides is 1. The van der Waals surface area contributed by atoms with Crippen LogP contribution in [0.5, 0.6) is 0 Å². The van der Waals surface area contributed by atoms with Crippen molar-refractivity contribution in [1.82, 2.24) is 0 Å². The van der Waals surface area contributed by atoms with Crippen molar-refractivity contribution >= 4 is 24.0 Å². The van der Waals surface area contributed by atoms with Crippen molar-refractivity contribution in [3.63, 3.8) is 0 Å². The molecule has 1 heterocycles. The molecular weight excluding hydrogens is 562 g/mol. The van der Waals surface area contributed by atoms with Crippen LogP contribution < -0.4 is 5.73 Å². The maximum atomic E-state index is 13.5. The van der Waals surface area contributed by atoms with Crippen molar-refractivity contribution in [1.29, 1.82) is 0 Å². The Hall–Kier alpha value is -3.10. The lowest BCUT2D eigenvalue weighted by molar-refractivity contribution is -0.163. The highest BCUT2D eigenvalue weighted by molar-refractivity contribution is 5.74. The Bertz CT molecular complexity index is 1000. The minimum absolute atomic E-state index is 0.0291. The van der Waals surface area contributed by atoms with E-state index in [9.17, 15) is 19.2 Å². The molecule has 0 bridgehead atoms. The molecule has 1 aliphatic rings. The van der Waals surface area contributed by atoms with Crippen LogP contribution in [0.3, 0.4) is 0 Å². The van der Waals surface area contributed by atoms with E-state index in [1.807, 2.05) is 26.0 Å². The number of nitrogens with two attached hydrogens (primary N) is 1. The lowest BCUT2D eigenvalue weighted by Gasteiger charge is -2.29. The molecule has 44 heavy (non-hydrogen) atoms. The zero-order chi connectivity index (χ0) is 33.2. The zero-order valence-corrected chi connectivity index (χ0v) is 28.2. The maximum Gasteiger partial charge on any atom is 0.404 e. The minimum Gasteiger partial charge on any atom is -0.462 e. The molecule has 0 saturated heterocycles. The highest BCUT2D eigenvalue weighted by Gasteiger charge is 2.33. The van der Waals surface area contributed by atoms with Gasteiger partial charge in [0.05, 0.1) is 5.92 Å². The van der Waals surface area contributed by atoms with Gasteiger partial charge < -0.3 is 24.7 Å². The van der Waals surface area contributed by atoms with E-state index in [4.69, 9.17) is 24.7 Å². The van der Waals surface area contributed by atoms with Gasteiger partial charge in [0.2, 0.25) is 0 Å². The fourth-order valence-electron chi connectivity index (χ4n) is 5.51. The van der Waals surface area contributed by atoms with Crippen LogP contribution in [0.25, 0.3) is 0 Å². The number of allylic oxidation sites excluding steroid dienone is 5. The van der Waals surface area contributed by atoms with E-state index in [-0.39, 0.29) is 11.8 Å². The fourth-order valence-corrected chi connectivity index (χ4v) is 5.51. The third-order valence-electron chi connectivity index (χ3n) is 7.93. The Labute approximate surface area is 265 Å². The molecule has 8 atom stereocenters. The first kappa shape index (κ1) is 38.9. The standard InChI is InChI=1S/C35H57NO8/c1-9-13-23(2)16-17-25(4)21-30-20-24(3)14-11-10-12-15-31(41-28(7)37)32(44-35(36)40)19-18-26(5)22-33(42-29(8)38)27(6)34(39)43-30/h10-11,16-17,21,23-24,26-27,30-33H,9,12-15,18-20,22H2,1-8H3,(H2,36,40)/b11-10+,17-16+,25-21+. The molecule has 0 aromatic carbocycles. The van der Waals surface area contributed by atoms with Crippen molar-refractivity contribution in [3.05, 3.63) is 36.0 Å². The van der Waals surface area contributed by atoms with Gasteiger partial charge in [-0.2, -0.15) is 0 Å². The molecule has 0 aliphatic carbocycles. The summed E-state index contributed by atoms with van der Waals surface area (Å²) in [4.78, 5) is 49.1. The molecule has 250 valence electrons. The van der Waals surface area contributed by atoms with Gasteiger partial charge in [0.25, 0.3) is 0 Å². The predicted octanol–water partition coefficient (Wildman–Crippen LogP) is 7.37. The fraction of sp³-hybridized carbons (Fsp3) is 0.714. The minimum atomic E-state index is -0.940. The van der Waals surface area contributed by atoms with E-state index in [1.54, 1.807) is 6.92 Å². The summed E-state index contributed by atoms with van der Waals surface area (Å²) in [6, 6.07) is 0. The molecule has 0 aromatic rings. The summed E-state index contributed by atoms with van der Waals surface area (Å²) in [7, 11) is 0. The summed E-state index contributed by atoms with van der Waals surface area (Å²) in [6.45, 7) is 14.8. The molecule has 0 radical (unpaired) electrons. The molecule has 2 N–H and O–H groups in total. The van der Waals surface area contributed by atoms with Crippen LogP contribution in [0.4, 0.5) is 4.79 Å². The summed E-state index contributed by atoms with van der Waals surface area (Å²) in [5.74, 6) is -1.43. The molecule has 1 rings (SSSR count). The lowest BCUT2D eigenvalue weighted by Crippen LogP contribution is -2.37. The zero-order valence-electron chi connectivity index (χ0n) is 28.2. The van der Waals surface area contributed by atoms with Gasteiger partial charge in [0, 0.05) is 13.8 Å². The van der Waals surface area contributed by atoms with E-state index >= 15 is 0 Å². The van der Waals surface area contributed by atoms with E-state index in [0.717, 1.165) is 24.8 Å². The highest BCUT2D eigenvalue weighted by Crippen LogP contribution is 2.27. The van der Waals surface area contributed by atoms with Crippen LogP contribution in [-0.4, -0.2) is 48.4 Å². The van der Waals surface area contributed by atoms with Gasteiger partial charge in [-0.1, -0.05) is 64.0 Å². The Balaban J connectivity index is 3.36. The molecule has 9 heteroatoms. The Kier molecular flexibility index (Phi) is 18.4. The molecular formula is C35H57NO8. The van der Waals surface area contributed by atoms with Gasteiger partial charge in [-0.25, -0.2) is 4.79 Å². The molecule has 1 aliphatic heterocycles. The monoisotopic (exact) mass is 619 g/mol. The molecule has 1 amide bonds. The second kappa shape index (κ2) is 20.8. The summed E-state index contributed by atoms with van der Waals surface area (Å²) in [5.41, 5.74) is 6.39. The quantitative estimate of drug-likeness (QED) is 0.129. The normalized spacial score (nSPS) is 29.9. The smallest absolute Gasteiger partial charge is 0.404 e. The molecule has 8 unspecified atom stereocenters. The summed E-state index contributed by atoms with van der Waals surface area (Å²) >= 11 is 0. The van der Waals surface area contributed by atoms with Gasteiger partial charge in [-0.3, -0.25) is 14.4 Å². The second-order valence-corrected chi connectivity index (χ2v) is 12.6. The van der Waals surface area contributed by atoms with Gasteiger partial charge in [0.15, 0.2) is 0 Å². The summed E-state index contributed by atoms with van der Waals surface area (Å²) in [6.07, 6.45) is 12.9. The van der Waals surface area contributed by atoms with E-state index in [2.05, 4.69) is 39.0 Å². The van der Waals surface area contributed by atoms with E-state index in [1.165, 1.54) is 13.8 Å². The predicted molar refractivity (Wildman–Crippen MR) is 171 cm³/mol. The van der Waals surface area contributed by atoms with Crippen LogP contribution in [0, 0.1) is 23.7 Å². The van der Waals surface area contributed by atoms with Gasteiger partial charge >= 0.3 is 24.0 Å². The van der Waals surface area contributed by atoms with Crippen LogP contribution >= 0.6 is 0 Å². The van der Waals surface area contributed by atoms with Crippen LogP contribution in [0.1, 0.15) is 113 Å². The van der Waals surface area contributed by atoms with Crippen molar-refractivity contribution in [3.8, 4) is 0 Å². The molecule has 0 spiro atoms. The van der Waals surface area contributed by atoms with Crippen LogP contribution in [-0.2, 0) is 33.3 Å². The van der Waals surface area contributed by atoms with Gasteiger partial charge in [-0.05, 0) is 89.0 Å². The van der Waals surface area contributed by atoms with Gasteiger partial charge in [-0.15, -0.1) is 0 Å².